The van der Waals surface area contributed by atoms with Gasteiger partial charge in [-0.15, -0.1) is 0 Å². The summed E-state index contributed by atoms with van der Waals surface area (Å²) in [7, 11) is 0. The number of hydrogen-bond donors (Lipinski definition) is 3. The van der Waals surface area contributed by atoms with Crippen molar-refractivity contribution in [1.29, 1.82) is 0 Å². The van der Waals surface area contributed by atoms with E-state index in [0.29, 0.717) is 19.3 Å². The van der Waals surface area contributed by atoms with Gasteiger partial charge in [-0.05, 0) is 22.8 Å². The number of carbonyl (C=O) groups excluding carboxylic acids is 3. The second kappa shape index (κ2) is 6.70. The highest BCUT2D eigenvalue weighted by atomic mass is 16.2. The van der Waals surface area contributed by atoms with Gasteiger partial charge in [-0.3, -0.25) is 14.4 Å². The molecule has 6 nitrogen and oxygen atoms in total. The largest absolute Gasteiger partial charge is 0.368 e. The number of primary amides is 1. The molecule has 0 bridgehead atoms. The van der Waals surface area contributed by atoms with Crippen molar-refractivity contribution in [2.45, 2.75) is 31.3 Å². The molecule has 6 heteroatoms. The van der Waals surface area contributed by atoms with Crippen molar-refractivity contribution in [3.05, 3.63) is 48.0 Å². The number of nitrogens with one attached hydrogen (secondary N) is 2. The van der Waals surface area contributed by atoms with Crippen molar-refractivity contribution in [3.8, 4) is 0 Å². The van der Waals surface area contributed by atoms with Gasteiger partial charge in [0.15, 0.2) is 0 Å². The summed E-state index contributed by atoms with van der Waals surface area (Å²) >= 11 is 0. The zero-order valence-electron chi connectivity index (χ0n) is 13.1. The Balaban J connectivity index is 1.77. The normalized spacial score (nSPS) is 18.2. The van der Waals surface area contributed by atoms with Crippen molar-refractivity contribution in [2.75, 3.05) is 0 Å². The molecule has 1 heterocycles. The van der Waals surface area contributed by atoms with Gasteiger partial charge < -0.3 is 16.4 Å². The standard InChI is InChI=1S/C18H19N3O3/c19-17(23)15(21-18(24)14-8-9-16(22)20-14)10-12-6-3-5-11-4-1-2-7-13(11)12/h1-7,14-15H,8-10H2,(H2,19,23)(H,20,22)(H,21,24)/t14-,15-/m0/s1. The van der Waals surface area contributed by atoms with Crippen LogP contribution in [0, 0.1) is 0 Å². The van der Waals surface area contributed by atoms with Gasteiger partial charge >= 0.3 is 0 Å². The van der Waals surface area contributed by atoms with Gasteiger partial charge in [0.25, 0.3) is 0 Å². The summed E-state index contributed by atoms with van der Waals surface area (Å²) in [6.07, 6.45) is 1.07. The zero-order chi connectivity index (χ0) is 17.1. The molecule has 124 valence electrons. The molecule has 1 fully saturated rings. The first-order chi connectivity index (χ1) is 11.5. The number of nitrogens with two attached hydrogens (primary N) is 1. The van der Waals surface area contributed by atoms with Crippen molar-refractivity contribution in [3.63, 3.8) is 0 Å². The Bertz CT molecular complexity index is 798. The number of hydrogen-bond acceptors (Lipinski definition) is 3. The first kappa shape index (κ1) is 16.0. The molecule has 3 rings (SSSR count). The average Bonchev–Trinajstić information content (AvgIpc) is 3.01. The molecule has 4 N–H and O–H groups in total. The lowest BCUT2D eigenvalue weighted by atomic mass is 9.98. The third-order valence-electron chi connectivity index (χ3n) is 4.28. The van der Waals surface area contributed by atoms with Crippen LogP contribution in [-0.4, -0.2) is 29.8 Å². The number of amides is 3. The van der Waals surface area contributed by atoms with Crippen LogP contribution in [0.1, 0.15) is 18.4 Å². The summed E-state index contributed by atoms with van der Waals surface area (Å²) < 4.78 is 0. The predicted octanol–water partition coefficient (Wildman–Crippen LogP) is 0.631. The van der Waals surface area contributed by atoms with Crippen LogP contribution in [0.3, 0.4) is 0 Å². The van der Waals surface area contributed by atoms with Crippen molar-refractivity contribution in [1.82, 2.24) is 10.6 Å². The number of carbonyl (C=O) groups is 3. The molecule has 0 spiro atoms. The molecule has 0 saturated carbocycles. The quantitative estimate of drug-likeness (QED) is 0.751. The van der Waals surface area contributed by atoms with Gasteiger partial charge in [0.1, 0.15) is 12.1 Å². The first-order valence-corrected chi connectivity index (χ1v) is 7.90. The van der Waals surface area contributed by atoms with E-state index in [9.17, 15) is 14.4 Å². The second-order valence-corrected chi connectivity index (χ2v) is 5.96. The van der Waals surface area contributed by atoms with E-state index in [-0.39, 0.29) is 11.8 Å². The molecule has 24 heavy (non-hydrogen) atoms. The molecular formula is C18H19N3O3. The van der Waals surface area contributed by atoms with Crippen LogP contribution in [0.25, 0.3) is 10.8 Å². The number of fused-ring (bicyclic) bond motifs is 1. The van der Waals surface area contributed by atoms with E-state index in [1.165, 1.54) is 0 Å². The minimum Gasteiger partial charge on any atom is -0.368 e. The molecular weight excluding hydrogens is 306 g/mol. The van der Waals surface area contributed by atoms with Crippen molar-refractivity contribution >= 4 is 28.5 Å². The van der Waals surface area contributed by atoms with E-state index in [1.807, 2.05) is 42.5 Å². The molecule has 1 aliphatic rings. The van der Waals surface area contributed by atoms with Gasteiger partial charge in [0, 0.05) is 12.8 Å². The summed E-state index contributed by atoms with van der Waals surface area (Å²) in [5.41, 5.74) is 6.40. The number of rotatable bonds is 5. The summed E-state index contributed by atoms with van der Waals surface area (Å²) in [5.74, 6) is -1.12. The van der Waals surface area contributed by atoms with E-state index in [2.05, 4.69) is 10.6 Å². The Morgan fingerprint density at radius 2 is 1.96 bits per heavy atom. The maximum Gasteiger partial charge on any atom is 0.243 e. The zero-order valence-corrected chi connectivity index (χ0v) is 13.1. The molecule has 0 aromatic heterocycles. The molecule has 3 amide bonds. The molecule has 0 radical (unpaired) electrons. The Labute approximate surface area is 139 Å². The van der Waals surface area contributed by atoms with Gasteiger partial charge in [-0.1, -0.05) is 42.5 Å². The molecule has 0 aliphatic carbocycles. The lowest BCUT2D eigenvalue weighted by Gasteiger charge is -2.19. The van der Waals surface area contributed by atoms with E-state index < -0.39 is 18.0 Å². The maximum absolute atomic E-state index is 12.2. The van der Waals surface area contributed by atoms with Gasteiger partial charge in [0.2, 0.25) is 17.7 Å². The van der Waals surface area contributed by atoms with Crippen LogP contribution >= 0.6 is 0 Å². The highest BCUT2D eigenvalue weighted by Crippen LogP contribution is 2.20. The third-order valence-corrected chi connectivity index (χ3v) is 4.28. The Kier molecular flexibility index (Phi) is 4.46. The number of benzene rings is 2. The Hall–Kier alpha value is -2.89. The highest BCUT2D eigenvalue weighted by molar-refractivity contribution is 5.94. The minimum absolute atomic E-state index is 0.153. The van der Waals surface area contributed by atoms with Crippen LogP contribution < -0.4 is 16.4 Å². The third kappa shape index (κ3) is 3.37. The second-order valence-electron chi connectivity index (χ2n) is 5.96. The fourth-order valence-electron chi connectivity index (χ4n) is 3.00. The fraction of sp³-hybridized carbons (Fsp3) is 0.278. The summed E-state index contributed by atoms with van der Waals surface area (Å²) in [6, 6.07) is 12.3. The van der Waals surface area contributed by atoms with Gasteiger partial charge in [-0.25, -0.2) is 0 Å². The summed E-state index contributed by atoms with van der Waals surface area (Å²) in [5, 5.41) is 7.34. The molecule has 2 aromatic carbocycles. The predicted molar refractivity (Wildman–Crippen MR) is 89.9 cm³/mol. The van der Waals surface area contributed by atoms with E-state index in [1.54, 1.807) is 0 Å². The molecule has 0 unspecified atom stereocenters. The van der Waals surface area contributed by atoms with Crippen molar-refractivity contribution in [2.24, 2.45) is 5.73 Å². The fourth-order valence-corrected chi connectivity index (χ4v) is 3.00. The molecule has 1 saturated heterocycles. The van der Waals surface area contributed by atoms with Gasteiger partial charge in [-0.2, -0.15) is 0 Å². The smallest absolute Gasteiger partial charge is 0.243 e. The lowest BCUT2D eigenvalue weighted by Crippen LogP contribution is -2.51. The molecule has 2 atom stereocenters. The van der Waals surface area contributed by atoms with E-state index >= 15 is 0 Å². The Morgan fingerprint density at radius 1 is 1.21 bits per heavy atom. The first-order valence-electron chi connectivity index (χ1n) is 7.90. The SMILES string of the molecule is NC(=O)[C@H](Cc1cccc2ccccc12)NC(=O)[C@@H]1CCC(=O)N1. The molecule has 2 aromatic rings. The minimum atomic E-state index is -0.819. The van der Waals surface area contributed by atoms with Crippen molar-refractivity contribution < 1.29 is 14.4 Å². The average molecular weight is 325 g/mol. The van der Waals surface area contributed by atoms with Crippen LogP contribution in [0.4, 0.5) is 0 Å². The van der Waals surface area contributed by atoms with E-state index in [0.717, 1.165) is 16.3 Å². The summed E-state index contributed by atoms with van der Waals surface area (Å²) in [4.78, 5) is 35.2. The van der Waals surface area contributed by atoms with E-state index in [4.69, 9.17) is 5.73 Å². The summed E-state index contributed by atoms with van der Waals surface area (Å²) in [6.45, 7) is 0. The van der Waals surface area contributed by atoms with Gasteiger partial charge in [0.05, 0.1) is 0 Å². The highest BCUT2D eigenvalue weighted by Gasteiger charge is 2.30. The lowest BCUT2D eigenvalue weighted by molar-refractivity contribution is -0.129. The Morgan fingerprint density at radius 3 is 2.67 bits per heavy atom. The monoisotopic (exact) mass is 325 g/mol. The van der Waals surface area contributed by atoms with Crippen LogP contribution in [0.2, 0.25) is 0 Å². The van der Waals surface area contributed by atoms with Crippen LogP contribution in [0.5, 0.6) is 0 Å². The van der Waals surface area contributed by atoms with Crippen LogP contribution in [-0.2, 0) is 20.8 Å². The van der Waals surface area contributed by atoms with Crippen LogP contribution in [0.15, 0.2) is 42.5 Å². The topological polar surface area (TPSA) is 101 Å². The molecule has 1 aliphatic heterocycles. The maximum atomic E-state index is 12.2.